The Hall–Kier alpha value is -0.590. The summed E-state index contributed by atoms with van der Waals surface area (Å²) in [6, 6.07) is 2.50. The molecular formula is C13H23NO2. The summed E-state index contributed by atoms with van der Waals surface area (Å²) in [7, 11) is 0. The highest BCUT2D eigenvalue weighted by Gasteiger charge is 2.35. The summed E-state index contributed by atoms with van der Waals surface area (Å²) in [6.07, 6.45) is 6.12. The largest absolute Gasteiger partial charge is 0.353 e. The highest BCUT2D eigenvalue weighted by molar-refractivity contribution is 5.00. The zero-order valence-corrected chi connectivity index (χ0v) is 10.5. The maximum Gasteiger partial charge on any atom is 0.159 e. The SMILES string of the molecule is CCOC(CC1(C#N)CCCCC1)OCC. The molecule has 1 aliphatic carbocycles. The van der Waals surface area contributed by atoms with Crippen LogP contribution in [-0.2, 0) is 9.47 Å². The Morgan fingerprint density at radius 3 is 2.12 bits per heavy atom. The highest BCUT2D eigenvalue weighted by atomic mass is 16.7. The molecule has 0 aromatic heterocycles. The maximum absolute atomic E-state index is 9.37. The molecule has 1 saturated carbocycles. The van der Waals surface area contributed by atoms with Gasteiger partial charge in [-0.3, -0.25) is 0 Å². The van der Waals surface area contributed by atoms with Crippen LogP contribution in [0.1, 0.15) is 52.4 Å². The summed E-state index contributed by atoms with van der Waals surface area (Å²) in [6.45, 7) is 5.22. The Kier molecular flexibility index (Phi) is 5.79. The van der Waals surface area contributed by atoms with Gasteiger partial charge in [-0.15, -0.1) is 0 Å². The topological polar surface area (TPSA) is 42.2 Å². The molecule has 0 atom stereocenters. The third-order valence-corrected chi connectivity index (χ3v) is 3.31. The Morgan fingerprint density at radius 2 is 1.69 bits per heavy atom. The van der Waals surface area contributed by atoms with Crippen molar-refractivity contribution < 1.29 is 9.47 Å². The number of ether oxygens (including phenoxy) is 2. The lowest BCUT2D eigenvalue weighted by molar-refractivity contribution is -0.153. The Balaban J connectivity index is 2.55. The van der Waals surface area contributed by atoms with Gasteiger partial charge in [0.05, 0.1) is 11.5 Å². The molecule has 1 aliphatic rings. The number of rotatable bonds is 6. The molecule has 0 spiro atoms. The minimum atomic E-state index is -0.201. The van der Waals surface area contributed by atoms with Crippen LogP contribution in [0.3, 0.4) is 0 Å². The van der Waals surface area contributed by atoms with E-state index in [1.54, 1.807) is 0 Å². The van der Waals surface area contributed by atoms with Crippen molar-refractivity contribution in [3.05, 3.63) is 0 Å². The van der Waals surface area contributed by atoms with Crippen LogP contribution in [-0.4, -0.2) is 19.5 Å². The first-order chi connectivity index (χ1) is 7.76. The molecule has 3 nitrogen and oxygen atoms in total. The van der Waals surface area contributed by atoms with Crippen LogP contribution in [0.25, 0.3) is 0 Å². The average molecular weight is 225 g/mol. The van der Waals surface area contributed by atoms with Crippen molar-refractivity contribution >= 4 is 0 Å². The van der Waals surface area contributed by atoms with Crippen LogP contribution in [0.15, 0.2) is 0 Å². The van der Waals surface area contributed by atoms with Crippen molar-refractivity contribution in [2.75, 3.05) is 13.2 Å². The minimum absolute atomic E-state index is 0.201. The van der Waals surface area contributed by atoms with E-state index in [0.29, 0.717) is 13.2 Å². The molecule has 0 N–H and O–H groups in total. The fraction of sp³-hybridized carbons (Fsp3) is 0.923. The smallest absolute Gasteiger partial charge is 0.159 e. The van der Waals surface area contributed by atoms with E-state index in [-0.39, 0.29) is 11.7 Å². The molecule has 1 rings (SSSR count). The highest BCUT2D eigenvalue weighted by Crippen LogP contribution is 2.40. The van der Waals surface area contributed by atoms with E-state index < -0.39 is 0 Å². The molecule has 0 heterocycles. The van der Waals surface area contributed by atoms with Gasteiger partial charge in [-0.25, -0.2) is 0 Å². The summed E-state index contributed by atoms with van der Waals surface area (Å²) in [5.41, 5.74) is -0.201. The lowest BCUT2D eigenvalue weighted by Crippen LogP contribution is -2.30. The van der Waals surface area contributed by atoms with Gasteiger partial charge < -0.3 is 9.47 Å². The molecular weight excluding hydrogens is 202 g/mol. The van der Waals surface area contributed by atoms with E-state index >= 15 is 0 Å². The maximum atomic E-state index is 9.37. The second-order valence-electron chi connectivity index (χ2n) is 4.50. The average Bonchev–Trinajstić information content (AvgIpc) is 2.31. The fourth-order valence-electron chi connectivity index (χ4n) is 2.45. The van der Waals surface area contributed by atoms with Crippen LogP contribution < -0.4 is 0 Å². The molecule has 0 radical (unpaired) electrons. The molecule has 0 saturated heterocycles. The number of nitriles is 1. The van der Waals surface area contributed by atoms with E-state index in [1.807, 2.05) is 13.8 Å². The lowest BCUT2D eigenvalue weighted by atomic mass is 9.73. The van der Waals surface area contributed by atoms with E-state index in [9.17, 15) is 5.26 Å². The molecule has 92 valence electrons. The monoisotopic (exact) mass is 225 g/mol. The predicted molar refractivity (Wildman–Crippen MR) is 62.8 cm³/mol. The first-order valence-electron chi connectivity index (χ1n) is 6.41. The van der Waals surface area contributed by atoms with Gasteiger partial charge in [0.25, 0.3) is 0 Å². The van der Waals surface area contributed by atoms with E-state index in [2.05, 4.69) is 6.07 Å². The van der Waals surface area contributed by atoms with Crippen LogP contribution in [0.5, 0.6) is 0 Å². The van der Waals surface area contributed by atoms with E-state index in [0.717, 1.165) is 19.3 Å². The zero-order chi connectivity index (χ0) is 11.9. The zero-order valence-electron chi connectivity index (χ0n) is 10.5. The molecule has 0 aromatic rings. The summed E-state index contributed by atoms with van der Waals surface area (Å²) in [5, 5.41) is 9.37. The van der Waals surface area contributed by atoms with E-state index in [1.165, 1.54) is 19.3 Å². The van der Waals surface area contributed by atoms with Gasteiger partial charge >= 0.3 is 0 Å². The van der Waals surface area contributed by atoms with Crippen molar-refractivity contribution in [2.24, 2.45) is 5.41 Å². The van der Waals surface area contributed by atoms with Gasteiger partial charge in [-0.1, -0.05) is 19.3 Å². The molecule has 0 amide bonds. The quantitative estimate of drug-likeness (QED) is 0.652. The van der Waals surface area contributed by atoms with Crippen molar-refractivity contribution in [3.8, 4) is 6.07 Å². The van der Waals surface area contributed by atoms with Gasteiger partial charge in [0.15, 0.2) is 6.29 Å². The van der Waals surface area contributed by atoms with Gasteiger partial charge in [0.1, 0.15) is 0 Å². The van der Waals surface area contributed by atoms with Crippen molar-refractivity contribution in [2.45, 2.75) is 58.7 Å². The minimum Gasteiger partial charge on any atom is -0.353 e. The third-order valence-electron chi connectivity index (χ3n) is 3.31. The van der Waals surface area contributed by atoms with E-state index in [4.69, 9.17) is 9.47 Å². The Morgan fingerprint density at radius 1 is 1.12 bits per heavy atom. The Labute approximate surface area is 98.7 Å². The molecule has 0 unspecified atom stereocenters. The third kappa shape index (κ3) is 3.77. The van der Waals surface area contributed by atoms with Crippen LogP contribution in [0.2, 0.25) is 0 Å². The second kappa shape index (κ2) is 6.88. The van der Waals surface area contributed by atoms with Gasteiger partial charge in [-0.05, 0) is 26.7 Å². The Bertz CT molecular complexity index is 223. The van der Waals surface area contributed by atoms with Crippen LogP contribution >= 0.6 is 0 Å². The standard InChI is InChI=1S/C13H23NO2/c1-3-15-12(16-4-2)10-13(11-14)8-6-5-7-9-13/h12H,3-10H2,1-2H3. The summed E-state index contributed by atoms with van der Waals surface area (Å²) >= 11 is 0. The van der Waals surface area contributed by atoms with Crippen molar-refractivity contribution in [1.82, 2.24) is 0 Å². The molecule has 0 aliphatic heterocycles. The normalized spacial score (nSPS) is 19.6. The molecule has 16 heavy (non-hydrogen) atoms. The number of hydrogen-bond acceptors (Lipinski definition) is 3. The first-order valence-corrected chi connectivity index (χ1v) is 6.41. The molecule has 0 bridgehead atoms. The molecule has 1 fully saturated rings. The lowest BCUT2D eigenvalue weighted by Gasteiger charge is -2.33. The van der Waals surface area contributed by atoms with Crippen molar-refractivity contribution in [3.63, 3.8) is 0 Å². The van der Waals surface area contributed by atoms with Crippen LogP contribution in [0.4, 0.5) is 0 Å². The van der Waals surface area contributed by atoms with Crippen LogP contribution in [0, 0.1) is 16.7 Å². The fourth-order valence-corrected chi connectivity index (χ4v) is 2.45. The second-order valence-corrected chi connectivity index (χ2v) is 4.50. The predicted octanol–water partition coefficient (Wildman–Crippen LogP) is 3.25. The summed E-state index contributed by atoms with van der Waals surface area (Å²) in [5.74, 6) is 0. The van der Waals surface area contributed by atoms with Gasteiger partial charge in [-0.2, -0.15) is 5.26 Å². The summed E-state index contributed by atoms with van der Waals surface area (Å²) in [4.78, 5) is 0. The molecule has 3 heteroatoms. The van der Waals surface area contributed by atoms with Gasteiger partial charge in [0, 0.05) is 19.6 Å². The number of nitrogens with zero attached hydrogens (tertiary/aromatic N) is 1. The summed E-state index contributed by atoms with van der Waals surface area (Å²) < 4.78 is 11.1. The van der Waals surface area contributed by atoms with Gasteiger partial charge in [0.2, 0.25) is 0 Å². The molecule has 0 aromatic carbocycles. The van der Waals surface area contributed by atoms with Crippen molar-refractivity contribution in [1.29, 1.82) is 5.26 Å². The number of hydrogen-bond donors (Lipinski definition) is 0. The first kappa shape index (κ1) is 13.5.